The number of rotatable bonds is 9. The van der Waals surface area contributed by atoms with Gasteiger partial charge in [0.05, 0.1) is 19.8 Å². The van der Waals surface area contributed by atoms with Crippen molar-refractivity contribution in [2.45, 2.75) is 6.42 Å². The molecule has 5 heteroatoms. The van der Waals surface area contributed by atoms with Gasteiger partial charge < -0.3 is 14.8 Å². The fourth-order valence-corrected chi connectivity index (χ4v) is 1.45. The minimum Gasteiger partial charge on any atom is -0.383 e. The Balaban J connectivity index is 2.07. The largest absolute Gasteiger partial charge is 0.383 e. The number of ether oxygens (including phenoxy) is 2. The topological polar surface area (TPSA) is 30.5 Å². The molecule has 0 spiro atoms. The van der Waals surface area contributed by atoms with Crippen molar-refractivity contribution in [1.29, 1.82) is 0 Å². The lowest BCUT2D eigenvalue weighted by Crippen LogP contribution is -2.23. The van der Waals surface area contributed by atoms with E-state index in [9.17, 15) is 8.78 Å². The van der Waals surface area contributed by atoms with Gasteiger partial charge in [-0.15, -0.1) is 0 Å². The first-order valence-corrected chi connectivity index (χ1v) is 5.95. The molecule has 1 aromatic carbocycles. The third-order valence-corrected chi connectivity index (χ3v) is 2.44. The smallest absolute Gasteiger partial charge is 0.129 e. The Kier molecular flexibility index (Phi) is 7.48. The quantitative estimate of drug-likeness (QED) is 0.685. The summed E-state index contributed by atoms with van der Waals surface area (Å²) in [4.78, 5) is 0. The number of hydrogen-bond acceptors (Lipinski definition) is 3. The molecule has 1 N–H and O–H groups in total. The lowest BCUT2D eigenvalue weighted by atomic mass is 10.1. The second kappa shape index (κ2) is 8.97. The van der Waals surface area contributed by atoms with Crippen molar-refractivity contribution in [3.05, 3.63) is 35.4 Å². The molecule has 0 aliphatic carbocycles. The molecule has 1 rings (SSSR count). The molecule has 3 nitrogen and oxygen atoms in total. The molecular weight excluding hydrogens is 240 g/mol. The van der Waals surface area contributed by atoms with Crippen LogP contribution >= 0.6 is 0 Å². The highest BCUT2D eigenvalue weighted by atomic mass is 19.1. The monoisotopic (exact) mass is 259 g/mol. The van der Waals surface area contributed by atoms with E-state index in [1.54, 1.807) is 7.11 Å². The van der Waals surface area contributed by atoms with Crippen LogP contribution in [-0.4, -0.2) is 40.0 Å². The summed E-state index contributed by atoms with van der Waals surface area (Å²) in [6.45, 7) is 3.17. The predicted octanol–water partition coefficient (Wildman–Crippen LogP) is 1.76. The van der Waals surface area contributed by atoms with Gasteiger partial charge in [0.1, 0.15) is 11.6 Å². The SMILES string of the molecule is COCCNCCOCCc1ccc(F)cc1F. The molecule has 18 heavy (non-hydrogen) atoms. The number of nitrogens with one attached hydrogen (secondary N) is 1. The van der Waals surface area contributed by atoms with Crippen LogP contribution in [0, 0.1) is 11.6 Å². The zero-order valence-electron chi connectivity index (χ0n) is 10.5. The van der Waals surface area contributed by atoms with Gasteiger partial charge in [-0.1, -0.05) is 6.07 Å². The maximum atomic E-state index is 13.2. The van der Waals surface area contributed by atoms with Crippen molar-refractivity contribution in [3.8, 4) is 0 Å². The van der Waals surface area contributed by atoms with E-state index in [-0.39, 0.29) is 0 Å². The Hall–Kier alpha value is -1.04. The first-order valence-electron chi connectivity index (χ1n) is 5.95. The maximum Gasteiger partial charge on any atom is 0.129 e. The highest BCUT2D eigenvalue weighted by Crippen LogP contribution is 2.09. The van der Waals surface area contributed by atoms with E-state index < -0.39 is 11.6 Å². The van der Waals surface area contributed by atoms with Gasteiger partial charge in [-0.25, -0.2) is 8.78 Å². The van der Waals surface area contributed by atoms with Crippen molar-refractivity contribution in [2.75, 3.05) is 40.0 Å². The van der Waals surface area contributed by atoms with Gasteiger partial charge in [-0.3, -0.25) is 0 Å². The molecule has 0 amide bonds. The molecule has 0 saturated carbocycles. The van der Waals surface area contributed by atoms with Crippen LogP contribution in [0.3, 0.4) is 0 Å². The van der Waals surface area contributed by atoms with Crippen LogP contribution in [0.4, 0.5) is 8.78 Å². The fourth-order valence-electron chi connectivity index (χ4n) is 1.45. The summed E-state index contributed by atoms with van der Waals surface area (Å²) in [5.74, 6) is -1.07. The van der Waals surface area contributed by atoms with Crippen molar-refractivity contribution in [2.24, 2.45) is 0 Å². The summed E-state index contributed by atoms with van der Waals surface area (Å²) >= 11 is 0. The molecule has 0 aliphatic heterocycles. The summed E-state index contributed by atoms with van der Waals surface area (Å²) in [6, 6.07) is 3.59. The third-order valence-electron chi connectivity index (χ3n) is 2.44. The average molecular weight is 259 g/mol. The van der Waals surface area contributed by atoms with E-state index in [4.69, 9.17) is 9.47 Å². The van der Waals surface area contributed by atoms with Gasteiger partial charge in [0.2, 0.25) is 0 Å². The second-order valence-corrected chi connectivity index (χ2v) is 3.84. The van der Waals surface area contributed by atoms with Gasteiger partial charge >= 0.3 is 0 Å². The second-order valence-electron chi connectivity index (χ2n) is 3.84. The molecule has 0 radical (unpaired) electrons. The lowest BCUT2D eigenvalue weighted by molar-refractivity contribution is 0.134. The van der Waals surface area contributed by atoms with E-state index in [0.29, 0.717) is 31.8 Å². The van der Waals surface area contributed by atoms with Crippen LogP contribution in [0.15, 0.2) is 18.2 Å². The summed E-state index contributed by atoms with van der Waals surface area (Å²) in [5, 5.41) is 3.13. The summed E-state index contributed by atoms with van der Waals surface area (Å²) in [6.07, 6.45) is 0.449. The zero-order chi connectivity index (χ0) is 13.2. The van der Waals surface area contributed by atoms with Crippen molar-refractivity contribution >= 4 is 0 Å². The van der Waals surface area contributed by atoms with Crippen LogP contribution in [0.5, 0.6) is 0 Å². The average Bonchev–Trinajstić information content (AvgIpc) is 2.35. The Morgan fingerprint density at radius 1 is 1.11 bits per heavy atom. The molecule has 1 aromatic rings. The zero-order valence-corrected chi connectivity index (χ0v) is 10.5. The summed E-state index contributed by atoms with van der Waals surface area (Å²) in [7, 11) is 1.65. The maximum absolute atomic E-state index is 13.2. The summed E-state index contributed by atoms with van der Waals surface area (Å²) < 4.78 is 36.1. The molecule has 0 bridgehead atoms. The van der Waals surface area contributed by atoms with E-state index in [1.165, 1.54) is 12.1 Å². The lowest BCUT2D eigenvalue weighted by Gasteiger charge is -2.06. The first kappa shape index (κ1) is 15.0. The van der Waals surface area contributed by atoms with Gasteiger partial charge in [-0.05, 0) is 18.1 Å². The molecule has 0 atom stereocenters. The molecular formula is C13H19F2NO2. The Morgan fingerprint density at radius 2 is 1.89 bits per heavy atom. The number of benzene rings is 1. The summed E-state index contributed by atoms with van der Waals surface area (Å²) in [5.41, 5.74) is 0.476. The third kappa shape index (κ3) is 6.05. The van der Waals surface area contributed by atoms with Crippen molar-refractivity contribution in [3.63, 3.8) is 0 Å². The Morgan fingerprint density at radius 3 is 2.61 bits per heavy atom. The van der Waals surface area contributed by atoms with Gasteiger partial charge in [0.15, 0.2) is 0 Å². The van der Waals surface area contributed by atoms with Gasteiger partial charge in [0.25, 0.3) is 0 Å². The molecule has 0 aromatic heterocycles. The number of hydrogen-bond donors (Lipinski definition) is 1. The highest BCUT2D eigenvalue weighted by Gasteiger charge is 2.03. The normalized spacial score (nSPS) is 10.8. The van der Waals surface area contributed by atoms with Crippen molar-refractivity contribution < 1.29 is 18.3 Å². The fraction of sp³-hybridized carbons (Fsp3) is 0.538. The molecule has 0 unspecified atom stereocenters. The minimum atomic E-state index is -0.556. The van der Waals surface area contributed by atoms with E-state index in [0.717, 1.165) is 19.2 Å². The van der Waals surface area contributed by atoms with Crippen LogP contribution < -0.4 is 5.32 Å². The van der Waals surface area contributed by atoms with E-state index in [2.05, 4.69) is 5.32 Å². The van der Waals surface area contributed by atoms with Gasteiger partial charge in [-0.2, -0.15) is 0 Å². The molecule has 0 heterocycles. The number of methoxy groups -OCH3 is 1. The molecule has 0 aliphatic rings. The van der Waals surface area contributed by atoms with Crippen molar-refractivity contribution in [1.82, 2.24) is 5.32 Å². The van der Waals surface area contributed by atoms with Gasteiger partial charge in [0, 0.05) is 26.3 Å². The standard InChI is InChI=1S/C13H19F2NO2/c1-17-8-5-16-6-9-18-7-4-11-2-3-12(14)10-13(11)15/h2-3,10,16H,4-9H2,1H3. The predicted molar refractivity (Wildman–Crippen MR) is 65.6 cm³/mol. The Bertz CT molecular complexity index is 348. The Labute approximate surface area is 106 Å². The van der Waals surface area contributed by atoms with E-state index >= 15 is 0 Å². The van der Waals surface area contributed by atoms with Crippen LogP contribution in [-0.2, 0) is 15.9 Å². The number of halogens is 2. The molecule has 102 valence electrons. The van der Waals surface area contributed by atoms with Crippen LogP contribution in [0.2, 0.25) is 0 Å². The molecule has 0 fully saturated rings. The minimum absolute atomic E-state index is 0.425. The van der Waals surface area contributed by atoms with E-state index in [1.807, 2.05) is 0 Å². The van der Waals surface area contributed by atoms with Crippen LogP contribution in [0.25, 0.3) is 0 Å². The highest BCUT2D eigenvalue weighted by molar-refractivity contribution is 5.18. The first-order chi connectivity index (χ1) is 8.74. The molecule has 0 saturated heterocycles. The van der Waals surface area contributed by atoms with Crippen LogP contribution in [0.1, 0.15) is 5.56 Å².